The lowest BCUT2D eigenvalue weighted by Gasteiger charge is -2.34. The number of benzene rings is 1. The van der Waals surface area contributed by atoms with Crippen LogP contribution in [-0.4, -0.2) is 51.5 Å². The van der Waals surface area contributed by atoms with E-state index in [9.17, 15) is 14.3 Å². The van der Waals surface area contributed by atoms with E-state index in [2.05, 4.69) is 23.7 Å². The number of pyridine rings is 1. The number of aromatic hydroxyl groups is 1. The molecule has 1 aliphatic rings. The molecular weight excluding hydrogens is 345 g/mol. The smallest absolute Gasteiger partial charge is 0.276 e. The molecule has 27 heavy (non-hydrogen) atoms. The van der Waals surface area contributed by atoms with E-state index in [0.717, 1.165) is 25.1 Å². The van der Waals surface area contributed by atoms with Crippen LogP contribution in [0.4, 0.5) is 4.39 Å². The Bertz CT molecular complexity index is 779. The number of carbonyl (C=O) groups is 1. The van der Waals surface area contributed by atoms with Gasteiger partial charge in [-0.25, -0.2) is 9.37 Å². The molecule has 5 nitrogen and oxygen atoms in total. The molecule has 1 saturated heterocycles. The Morgan fingerprint density at radius 2 is 2.00 bits per heavy atom. The number of halogens is 1. The summed E-state index contributed by atoms with van der Waals surface area (Å²) in [7, 11) is 0. The van der Waals surface area contributed by atoms with Crippen LogP contribution in [0.2, 0.25) is 0 Å². The summed E-state index contributed by atoms with van der Waals surface area (Å²) in [5.41, 5.74) is 1.16. The molecule has 0 saturated carbocycles. The van der Waals surface area contributed by atoms with Crippen LogP contribution >= 0.6 is 0 Å². The zero-order valence-electron chi connectivity index (χ0n) is 15.8. The van der Waals surface area contributed by atoms with Gasteiger partial charge in [-0.1, -0.05) is 26.0 Å². The summed E-state index contributed by atoms with van der Waals surface area (Å²) in [6.45, 7) is 7.08. The van der Waals surface area contributed by atoms with Crippen molar-refractivity contribution in [2.24, 2.45) is 5.92 Å². The van der Waals surface area contributed by atoms with Gasteiger partial charge in [0.05, 0.1) is 0 Å². The summed E-state index contributed by atoms with van der Waals surface area (Å²) < 4.78 is 13.2. The second kappa shape index (κ2) is 8.48. The van der Waals surface area contributed by atoms with E-state index in [1.807, 2.05) is 12.1 Å². The van der Waals surface area contributed by atoms with Crippen molar-refractivity contribution in [3.63, 3.8) is 0 Å². The molecule has 1 atom stereocenters. The number of aromatic nitrogens is 1. The molecule has 0 radical (unpaired) electrons. The fourth-order valence-electron chi connectivity index (χ4n) is 3.61. The van der Waals surface area contributed by atoms with Crippen LogP contribution in [0.3, 0.4) is 0 Å². The van der Waals surface area contributed by atoms with Crippen LogP contribution in [0.1, 0.15) is 36.3 Å². The molecule has 0 aliphatic carbocycles. The average molecular weight is 371 g/mol. The summed E-state index contributed by atoms with van der Waals surface area (Å²) in [6, 6.07) is 9.86. The van der Waals surface area contributed by atoms with E-state index in [1.165, 1.54) is 24.4 Å². The largest absolute Gasteiger partial charge is 0.505 e. The van der Waals surface area contributed by atoms with Crippen molar-refractivity contribution in [3.8, 4) is 5.75 Å². The van der Waals surface area contributed by atoms with Gasteiger partial charge in [-0.2, -0.15) is 0 Å². The van der Waals surface area contributed by atoms with E-state index in [1.54, 1.807) is 11.0 Å². The molecule has 0 unspecified atom stereocenters. The number of rotatable bonds is 4. The van der Waals surface area contributed by atoms with Crippen molar-refractivity contribution in [3.05, 3.63) is 59.7 Å². The van der Waals surface area contributed by atoms with Crippen LogP contribution in [0.5, 0.6) is 5.75 Å². The van der Waals surface area contributed by atoms with Crippen molar-refractivity contribution in [2.75, 3.05) is 19.6 Å². The minimum atomic E-state index is -0.234. The third kappa shape index (κ3) is 4.63. The maximum atomic E-state index is 13.2. The highest BCUT2D eigenvalue weighted by Crippen LogP contribution is 2.23. The van der Waals surface area contributed by atoms with Crippen molar-refractivity contribution < 1.29 is 14.3 Å². The molecule has 1 amide bonds. The number of nitrogens with zero attached hydrogens (tertiary/aromatic N) is 3. The van der Waals surface area contributed by atoms with Gasteiger partial charge >= 0.3 is 0 Å². The first kappa shape index (κ1) is 19.3. The third-order valence-electron chi connectivity index (χ3n) is 5.09. The zero-order valence-corrected chi connectivity index (χ0v) is 15.8. The maximum absolute atomic E-state index is 13.2. The lowest BCUT2D eigenvalue weighted by atomic mass is 10.0. The van der Waals surface area contributed by atoms with Crippen LogP contribution in [0.25, 0.3) is 0 Å². The van der Waals surface area contributed by atoms with Gasteiger partial charge in [0, 0.05) is 38.4 Å². The molecule has 3 rings (SSSR count). The van der Waals surface area contributed by atoms with E-state index in [0.29, 0.717) is 19.0 Å². The third-order valence-corrected chi connectivity index (χ3v) is 5.09. The van der Waals surface area contributed by atoms with E-state index in [4.69, 9.17) is 0 Å². The highest BCUT2D eigenvalue weighted by atomic mass is 19.1. The molecule has 1 aliphatic heterocycles. The summed E-state index contributed by atoms with van der Waals surface area (Å²) in [5, 5.41) is 9.98. The summed E-state index contributed by atoms with van der Waals surface area (Å²) in [6.07, 6.45) is 2.36. The molecule has 0 bridgehead atoms. The molecular formula is C21H26FN3O2. The number of hydrogen-bond donors (Lipinski definition) is 1. The molecule has 6 heteroatoms. The molecule has 1 N–H and O–H groups in total. The molecule has 1 fully saturated rings. The molecule has 2 aromatic rings. The second-order valence-electron chi connectivity index (χ2n) is 7.38. The highest BCUT2D eigenvalue weighted by Gasteiger charge is 2.31. The minimum absolute atomic E-state index is 0.0870. The maximum Gasteiger partial charge on any atom is 0.276 e. The lowest BCUT2D eigenvalue weighted by molar-refractivity contribution is 0.0693. The quantitative estimate of drug-likeness (QED) is 0.896. The Kier molecular flexibility index (Phi) is 6.06. The topological polar surface area (TPSA) is 56.7 Å². The first-order valence-corrected chi connectivity index (χ1v) is 9.37. The summed E-state index contributed by atoms with van der Waals surface area (Å²) >= 11 is 0. The average Bonchev–Trinajstić information content (AvgIpc) is 2.86. The SMILES string of the molecule is CC(C)[C@@H]1CN(C(=O)c2ncccc2O)CCCN1Cc1ccc(F)cc1. The number of hydrogen-bond acceptors (Lipinski definition) is 4. The second-order valence-corrected chi connectivity index (χ2v) is 7.38. The van der Waals surface area contributed by atoms with Gasteiger partial charge in [-0.3, -0.25) is 9.69 Å². The monoisotopic (exact) mass is 371 g/mol. The van der Waals surface area contributed by atoms with Crippen molar-refractivity contribution in [1.29, 1.82) is 0 Å². The van der Waals surface area contributed by atoms with Gasteiger partial charge in [0.2, 0.25) is 0 Å². The van der Waals surface area contributed by atoms with Crippen LogP contribution < -0.4 is 0 Å². The fourth-order valence-corrected chi connectivity index (χ4v) is 3.61. The first-order valence-electron chi connectivity index (χ1n) is 9.37. The first-order chi connectivity index (χ1) is 13.0. The van der Waals surface area contributed by atoms with Crippen LogP contribution in [0, 0.1) is 11.7 Å². The minimum Gasteiger partial charge on any atom is -0.505 e. The number of amides is 1. The van der Waals surface area contributed by atoms with Crippen molar-refractivity contribution >= 4 is 5.91 Å². The Hall–Kier alpha value is -2.47. The predicted molar refractivity (Wildman–Crippen MR) is 102 cm³/mol. The van der Waals surface area contributed by atoms with Crippen molar-refractivity contribution in [2.45, 2.75) is 32.9 Å². The molecule has 1 aromatic heterocycles. The zero-order chi connectivity index (χ0) is 19.4. The van der Waals surface area contributed by atoms with Gasteiger partial charge in [-0.15, -0.1) is 0 Å². The van der Waals surface area contributed by atoms with E-state index >= 15 is 0 Å². The molecule has 0 spiro atoms. The van der Waals surface area contributed by atoms with Crippen LogP contribution in [0.15, 0.2) is 42.6 Å². The van der Waals surface area contributed by atoms with Gasteiger partial charge in [0.1, 0.15) is 11.6 Å². The van der Waals surface area contributed by atoms with Gasteiger partial charge < -0.3 is 10.0 Å². The van der Waals surface area contributed by atoms with Gasteiger partial charge in [0.15, 0.2) is 5.69 Å². The standard InChI is InChI=1S/C21H26FN3O2/c1-15(2)18-14-25(21(27)20-19(26)5-3-10-23-20)12-4-11-24(18)13-16-6-8-17(22)9-7-16/h3,5-10,15,18,26H,4,11-14H2,1-2H3/t18-/m0/s1. The van der Waals surface area contributed by atoms with E-state index < -0.39 is 0 Å². The Balaban J connectivity index is 1.77. The summed E-state index contributed by atoms with van der Waals surface area (Å²) in [5.74, 6) is -0.212. The predicted octanol–water partition coefficient (Wildman–Crippen LogP) is 3.30. The van der Waals surface area contributed by atoms with E-state index in [-0.39, 0.29) is 29.2 Å². The van der Waals surface area contributed by atoms with Gasteiger partial charge in [-0.05, 0) is 42.2 Å². The Morgan fingerprint density at radius 3 is 2.67 bits per heavy atom. The van der Waals surface area contributed by atoms with Crippen molar-refractivity contribution in [1.82, 2.24) is 14.8 Å². The number of carbonyl (C=O) groups excluding carboxylic acids is 1. The summed E-state index contributed by atoms with van der Waals surface area (Å²) in [4.78, 5) is 21.1. The lowest BCUT2D eigenvalue weighted by Crippen LogP contribution is -2.45. The molecule has 2 heterocycles. The highest BCUT2D eigenvalue weighted by molar-refractivity contribution is 5.94. The Labute approximate surface area is 159 Å². The van der Waals surface area contributed by atoms with Gasteiger partial charge in [0.25, 0.3) is 5.91 Å². The Morgan fingerprint density at radius 1 is 1.26 bits per heavy atom. The molecule has 144 valence electrons. The van der Waals surface area contributed by atoms with Crippen LogP contribution in [-0.2, 0) is 6.54 Å². The molecule has 1 aromatic carbocycles. The normalized spacial score (nSPS) is 18.5. The fraction of sp³-hybridized carbons (Fsp3) is 0.429.